The first kappa shape index (κ1) is 13.4. The smallest absolute Gasteiger partial charge is 0.161 e. The van der Waals surface area contributed by atoms with E-state index in [1.165, 1.54) is 6.07 Å². The molecule has 4 nitrogen and oxygen atoms in total. The van der Waals surface area contributed by atoms with Gasteiger partial charge in [0.2, 0.25) is 0 Å². The van der Waals surface area contributed by atoms with E-state index in [2.05, 4.69) is 15.4 Å². The van der Waals surface area contributed by atoms with E-state index in [1.807, 2.05) is 13.8 Å². The number of nitrogens with one attached hydrogen (secondary N) is 1. The molecule has 6 heteroatoms. The molecule has 0 radical (unpaired) electrons. The van der Waals surface area contributed by atoms with Crippen molar-refractivity contribution in [3.8, 4) is 11.4 Å². The number of nitrogens with two attached hydrogens (primary N) is 1. The Hall–Kier alpha value is -2.08. The normalized spacial score (nSPS) is 10.6. The summed E-state index contributed by atoms with van der Waals surface area (Å²) in [5.74, 6) is 4.39. The molecule has 1 aromatic carbocycles. The molecule has 0 bridgehead atoms. The van der Waals surface area contributed by atoms with Crippen LogP contribution in [0.15, 0.2) is 18.2 Å². The highest BCUT2D eigenvalue weighted by molar-refractivity contribution is 5.59. The van der Waals surface area contributed by atoms with Gasteiger partial charge in [-0.1, -0.05) is 6.92 Å². The van der Waals surface area contributed by atoms with E-state index < -0.39 is 11.6 Å². The maximum atomic E-state index is 13.2. The molecule has 0 aliphatic heterocycles. The summed E-state index contributed by atoms with van der Waals surface area (Å²) in [4.78, 5) is 8.53. The van der Waals surface area contributed by atoms with Crippen LogP contribution in [-0.2, 0) is 6.42 Å². The zero-order valence-corrected chi connectivity index (χ0v) is 10.7. The minimum absolute atomic E-state index is 0.307. The number of nitrogen functional groups attached to an aromatic ring is 1. The average Bonchev–Trinajstić information content (AvgIpc) is 2.40. The molecule has 0 saturated carbocycles. The van der Waals surface area contributed by atoms with Gasteiger partial charge < -0.3 is 5.43 Å². The lowest BCUT2D eigenvalue weighted by Gasteiger charge is -2.11. The largest absolute Gasteiger partial charge is 0.308 e. The molecule has 19 heavy (non-hydrogen) atoms. The summed E-state index contributed by atoms with van der Waals surface area (Å²) in [7, 11) is 0. The molecule has 0 aliphatic carbocycles. The fourth-order valence-electron chi connectivity index (χ4n) is 1.90. The molecule has 1 heterocycles. The minimum atomic E-state index is -0.930. The Balaban J connectivity index is 2.56. The molecule has 2 rings (SSSR count). The average molecular weight is 264 g/mol. The van der Waals surface area contributed by atoms with Gasteiger partial charge in [-0.15, -0.1) is 0 Å². The number of hydrazine groups is 1. The molecule has 0 amide bonds. The second kappa shape index (κ2) is 5.27. The van der Waals surface area contributed by atoms with Crippen LogP contribution in [0.3, 0.4) is 0 Å². The summed E-state index contributed by atoms with van der Waals surface area (Å²) >= 11 is 0. The Morgan fingerprint density at radius 2 is 1.95 bits per heavy atom. The van der Waals surface area contributed by atoms with Crippen molar-refractivity contribution in [3.63, 3.8) is 0 Å². The third kappa shape index (κ3) is 2.53. The zero-order chi connectivity index (χ0) is 14.0. The SMILES string of the molecule is CCc1c(C)nc(-c2ccc(F)c(F)c2)nc1NN. The van der Waals surface area contributed by atoms with Crippen LogP contribution in [0.4, 0.5) is 14.6 Å². The van der Waals surface area contributed by atoms with Crippen molar-refractivity contribution in [1.82, 2.24) is 9.97 Å². The van der Waals surface area contributed by atoms with E-state index in [1.54, 1.807) is 0 Å². The number of aromatic nitrogens is 2. The van der Waals surface area contributed by atoms with Crippen LogP contribution >= 0.6 is 0 Å². The van der Waals surface area contributed by atoms with Gasteiger partial charge in [-0.05, 0) is 31.5 Å². The maximum absolute atomic E-state index is 13.2. The standard InChI is InChI=1S/C13H14F2N4/c1-3-9-7(2)17-12(18-13(9)19-16)8-4-5-10(14)11(15)6-8/h4-6H,3,16H2,1-2H3,(H,17,18,19). The predicted octanol–water partition coefficient (Wildman–Crippen LogP) is 2.58. The van der Waals surface area contributed by atoms with Crippen LogP contribution in [0.25, 0.3) is 11.4 Å². The second-order valence-corrected chi connectivity index (χ2v) is 4.09. The van der Waals surface area contributed by atoms with Crippen LogP contribution in [0.2, 0.25) is 0 Å². The number of halogens is 2. The van der Waals surface area contributed by atoms with Crippen LogP contribution in [-0.4, -0.2) is 9.97 Å². The van der Waals surface area contributed by atoms with Crippen molar-refractivity contribution in [2.24, 2.45) is 5.84 Å². The molecule has 0 unspecified atom stereocenters. The molecule has 0 saturated heterocycles. The fourth-order valence-corrected chi connectivity index (χ4v) is 1.90. The van der Waals surface area contributed by atoms with Gasteiger partial charge in [-0.25, -0.2) is 24.6 Å². The first-order chi connectivity index (χ1) is 9.06. The highest BCUT2D eigenvalue weighted by Gasteiger charge is 2.12. The molecule has 0 fully saturated rings. The molecule has 0 atom stereocenters. The van der Waals surface area contributed by atoms with Gasteiger partial charge in [0.05, 0.1) is 0 Å². The Labute approximate surface area is 109 Å². The zero-order valence-electron chi connectivity index (χ0n) is 10.7. The van der Waals surface area contributed by atoms with Crippen LogP contribution in [0.1, 0.15) is 18.2 Å². The van der Waals surface area contributed by atoms with Crippen LogP contribution in [0, 0.1) is 18.6 Å². The summed E-state index contributed by atoms with van der Waals surface area (Å²) < 4.78 is 26.1. The second-order valence-electron chi connectivity index (χ2n) is 4.09. The number of nitrogens with zero attached hydrogens (tertiary/aromatic N) is 2. The number of hydrogen-bond donors (Lipinski definition) is 2. The van der Waals surface area contributed by atoms with Crippen molar-refractivity contribution < 1.29 is 8.78 Å². The number of benzene rings is 1. The van der Waals surface area contributed by atoms with Crippen molar-refractivity contribution in [1.29, 1.82) is 0 Å². The van der Waals surface area contributed by atoms with Crippen LogP contribution in [0.5, 0.6) is 0 Å². The Morgan fingerprint density at radius 3 is 2.53 bits per heavy atom. The van der Waals surface area contributed by atoms with Crippen molar-refractivity contribution in [2.75, 3.05) is 5.43 Å². The summed E-state index contributed by atoms with van der Waals surface area (Å²) in [6.07, 6.45) is 0.726. The lowest BCUT2D eigenvalue weighted by Crippen LogP contribution is -2.13. The minimum Gasteiger partial charge on any atom is -0.308 e. The summed E-state index contributed by atoms with van der Waals surface area (Å²) in [6, 6.07) is 3.54. The molecule has 2 aromatic rings. The molecule has 100 valence electrons. The highest BCUT2D eigenvalue weighted by Crippen LogP contribution is 2.23. The van der Waals surface area contributed by atoms with E-state index in [0.717, 1.165) is 29.8 Å². The van der Waals surface area contributed by atoms with E-state index in [0.29, 0.717) is 17.2 Å². The lowest BCUT2D eigenvalue weighted by molar-refractivity contribution is 0.509. The van der Waals surface area contributed by atoms with E-state index in [-0.39, 0.29) is 0 Å². The number of rotatable bonds is 3. The molecule has 3 N–H and O–H groups in total. The first-order valence-electron chi connectivity index (χ1n) is 5.86. The first-order valence-corrected chi connectivity index (χ1v) is 5.86. The predicted molar refractivity (Wildman–Crippen MR) is 69.3 cm³/mol. The quantitative estimate of drug-likeness (QED) is 0.660. The summed E-state index contributed by atoms with van der Waals surface area (Å²) in [6.45, 7) is 3.79. The number of anilines is 1. The lowest BCUT2D eigenvalue weighted by atomic mass is 10.1. The Kier molecular flexibility index (Phi) is 3.71. The van der Waals surface area contributed by atoms with Gasteiger partial charge in [0.15, 0.2) is 17.5 Å². The van der Waals surface area contributed by atoms with E-state index in [4.69, 9.17) is 5.84 Å². The Morgan fingerprint density at radius 1 is 1.21 bits per heavy atom. The van der Waals surface area contributed by atoms with E-state index in [9.17, 15) is 8.78 Å². The number of hydrogen-bond acceptors (Lipinski definition) is 4. The molecule has 0 aliphatic rings. The summed E-state index contributed by atoms with van der Waals surface area (Å²) in [5, 5.41) is 0. The maximum Gasteiger partial charge on any atom is 0.161 e. The third-order valence-electron chi connectivity index (χ3n) is 2.88. The van der Waals surface area contributed by atoms with Gasteiger partial charge in [-0.2, -0.15) is 0 Å². The van der Waals surface area contributed by atoms with Gasteiger partial charge in [0.25, 0.3) is 0 Å². The van der Waals surface area contributed by atoms with Crippen molar-refractivity contribution in [3.05, 3.63) is 41.1 Å². The van der Waals surface area contributed by atoms with Gasteiger partial charge in [-0.3, -0.25) is 0 Å². The van der Waals surface area contributed by atoms with Gasteiger partial charge in [0.1, 0.15) is 5.82 Å². The monoisotopic (exact) mass is 264 g/mol. The molecule has 0 spiro atoms. The van der Waals surface area contributed by atoms with Crippen molar-refractivity contribution >= 4 is 5.82 Å². The topological polar surface area (TPSA) is 63.8 Å². The third-order valence-corrected chi connectivity index (χ3v) is 2.88. The van der Waals surface area contributed by atoms with Gasteiger partial charge >= 0.3 is 0 Å². The number of aryl methyl sites for hydroxylation is 1. The Bertz CT molecular complexity index is 614. The van der Waals surface area contributed by atoms with Crippen LogP contribution < -0.4 is 11.3 Å². The molecule has 1 aromatic heterocycles. The van der Waals surface area contributed by atoms with Gasteiger partial charge in [0, 0.05) is 16.8 Å². The molecular formula is C13H14F2N4. The van der Waals surface area contributed by atoms with E-state index >= 15 is 0 Å². The fraction of sp³-hybridized carbons (Fsp3) is 0.231. The van der Waals surface area contributed by atoms with Crippen molar-refractivity contribution in [2.45, 2.75) is 20.3 Å². The molecular weight excluding hydrogens is 250 g/mol. The summed E-state index contributed by atoms with van der Waals surface area (Å²) in [5.41, 5.74) is 4.56. The highest BCUT2D eigenvalue weighted by atomic mass is 19.2.